The fraction of sp³-hybridized carbons (Fsp3) is 0.294. The van der Waals surface area contributed by atoms with Crippen LogP contribution in [0.2, 0.25) is 5.02 Å². The van der Waals surface area contributed by atoms with Crippen LogP contribution in [0.1, 0.15) is 16.7 Å². The molecular formula is C17H18ClNO. The van der Waals surface area contributed by atoms with Crippen LogP contribution in [0.5, 0.6) is 5.75 Å². The van der Waals surface area contributed by atoms with Gasteiger partial charge in [-0.2, -0.15) is 0 Å². The number of nitrogens with zero attached hydrogens (tertiary/aromatic N) is 1. The second kappa shape index (κ2) is 5.86. The largest absolute Gasteiger partial charge is 0.489 e. The summed E-state index contributed by atoms with van der Waals surface area (Å²) in [6.07, 6.45) is 1.10. The van der Waals surface area contributed by atoms with Gasteiger partial charge in [0.2, 0.25) is 0 Å². The van der Waals surface area contributed by atoms with Gasteiger partial charge in [-0.05, 0) is 54.4 Å². The molecule has 0 fully saturated rings. The normalized spacial score (nSPS) is 14.9. The first-order chi connectivity index (χ1) is 9.70. The fourth-order valence-corrected chi connectivity index (χ4v) is 2.63. The summed E-state index contributed by atoms with van der Waals surface area (Å²) in [5.41, 5.74) is 3.96. The molecule has 0 unspecified atom stereocenters. The molecule has 0 saturated carbocycles. The molecule has 0 saturated heterocycles. The maximum absolute atomic E-state index is 5.88. The van der Waals surface area contributed by atoms with Crippen LogP contribution in [-0.4, -0.2) is 18.5 Å². The van der Waals surface area contributed by atoms with Crippen LogP contribution in [0, 0.1) is 0 Å². The van der Waals surface area contributed by atoms with Gasteiger partial charge >= 0.3 is 0 Å². The highest BCUT2D eigenvalue weighted by Gasteiger charge is 2.13. The van der Waals surface area contributed by atoms with Gasteiger partial charge in [-0.1, -0.05) is 29.8 Å². The van der Waals surface area contributed by atoms with Gasteiger partial charge in [0, 0.05) is 18.1 Å². The molecule has 0 N–H and O–H groups in total. The number of hydrogen-bond donors (Lipinski definition) is 0. The van der Waals surface area contributed by atoms with Gasteiger partial charge in [-0.3, -0.25) is 0 Å². The van der Waals surface area contributed by atoms with E-state index in [1.54, 1.807) is 0 Å². The Labute approximate surface area is 124 Å². The Hall–Kier alpha value is -1.51. The molecule has 0 amide bonds. The van der Waals surface area contributed by atoms with Crippen molar-refractivity contribution in [1.82, 2.24) is 4.90 Å². The van der Waals surface area contributed by atoms with Crippen molar-refractivity contribution in [1.29, 1.82) is 0 Å². The van der Waals surface area contributed by atoms with Crippen molar-refractivity contribution in [2.24, 2.45) is 0 Å². The second-order valence-corrected chi connectivity index (χ2v) is 5.77. The first kappa shape index (κ1) is 13.5. The second-order valence-electron chi connectivity index (χ2n) is 5.33. The summed E-state index contributed by atoms with van der Waals surface area (Å²) in [4.78, 5) is 2.34. The number of rotatable bonds is 3. The van der Waals surface area contributed by atoms with Crippen molar-refractivity contribution in [2.45, 2.75) is 19.6 Å². The number of fused-ring (bicyclic) bond motifs is 1. The predicted molar refractivity (Wildman–Crippen MR) is 82.3 cm³/mol. The molecule has 104 valence electrons. The molecular weight excluding hydrogens is 270 g/mol. The van der Waals surface area contributed by atoms with Crippen LogP contribution >= 0.6 is 11.6 Å². The average Bonchev–Trinajstić information content (AvgIpc) is 2.46. The average molecular weight is 288 g/mol. The Bertz CT molecular complexity index is 594. The quantitative estimate of drug-likeness (QED) is 0.849. The van der Waals surface area contributed by atoms with Crippen LogP contribution < -0.4 is 4.74 Å². The van der Waals surface area contributed by atoms with Crippen LogP contribution in [0.3, 0.4) is 0 Å². The molecule has 0 atom stereocenters. The lowest BCUT2D eigenvalue weighted by atomic mass is 10.00. The molecule has 2 aromatic carbocycles. The summed E-state index contributed by atoms with van der Waals surface area (Å²) in [5.74, 6) is 0.947. The number of halogens is 1. The van der Waals surface area contributed by atoms with Crippen LogP contribution in [-0.2, 0) is 19.6 Å². The first-order valence-corrected chi connectivity index (χ1v) is 7.26. The highest BCUT2D eigenvalue weighted by atomic mass is 35.5. The van der Waals surface area contributed by atoms with E-state index >= 15 is 0 Å². The van der Waals surface area contributed by atoms with Crippen LogP contribution in [0.15, 0.2) is 42.5 Å². The zero-order valence-electron chi connectivity index (χ0n) is 11.6. The van der Waals surface area contributed by atoms with E-state index in [2.05, 4.69) is 30.1 Å². The Morgan fingerprint density at radius 2 is 1.90 bits per heavy atom. The number of ether oxygens (including phenoxy) is 1. The minimum absolute atomic E-state index is 0.579. The first-order valence-electron chi connectivity index (χ1n) is 6.88. The third-order valence-corrected chi connectivity index (χ3v) is 3.95. The SMILES string of the molecule is CN1CCc2cc(OCc3ccc(Cl)cc3)ccc2C1. The topological polar surface area (TPSA) is 12.5 Å². The lowest BCUT2D eigenvalue weighted by Gasteiger charge is -2.25. The van der Waals surface area contributed by atoms with Crippen LogP contribution in [0.4, 0.5) is 0 Å². The third kappa shape index (κ3) is 3.14. The molecule has 3 rings (SSSR count). The predicted octanol–water partition coefficient (Wildman–Crippen LogP) is 3.91. The molecule has 1 aliphatic heterocycles. The molecule has 1 heterocycles. The van der Waals surface area contributed by atoms with E-state index in [9.17, 15) is 0 Å². The molecule has 2 nitrogen and oxygen atoms in total. The lowest BCUT2D eigenvalue weighted by Crippen LogP contribution is -2.26. The Morgan fingerprint density at radius 1 is 1.10 bits per heavy atom. The maximum Gasteiger partial charge on any atom is 0.120 e. The fourth-order valence-electron chi connectivity index (χ4n) is 2.51. The monoisotopic (exact) mass is 287 g/mol. The van der Waals surface area contributed by atoms with Crippen molar-refractivity contribution in [3.8, 4) is 5.75 Å². The Balaban J connectivity index is 1.67. The van der Waals surface area contributed by atoms with Gasteiger partial charge in [-0.25, -0.2) is 0 Å². The van der Waals surface area contributed by atoms with Crippen molar-refractivity contribution >= 4 is 11.6 Å². The van der Waals surface area contributed by atoms with Gasteiger partial charge in [0.05, 0.1) is 0 Å². The lowest BCUT2D eigenvalue weighted by molar-refractivity contribution is 0.299. The number of hydrogen-bond acceptors (Lipinski definition) is 2. The highest BCUT2D eigenvalue weighted by Crippen LogP contribution is 2.24. The number of benzene rings is 2. The summed E-state index contributed by atoms with van der Waals surface area (Å²) >= 11 is 5.88. The molecule has 0 aliphatic carbocycles. The van der Waals surface area contributed by atoms with E-state index in [-0.39, 0.29) is 0 Å². The molecule has 0 radical (unpaired) electrons. The van der Waals surface area contributed by atoms with Crippen LogP contribution in [0.25, 0.3) is 0 Å². The van der Waals surface area contributed by atoms with E-state index in [4.69, 9.17) is 16.3 Å². The minimum Gasteiger partial charge on any atom is -0.489 e. The van der Waals surface area contributed by atoms with Gasteiger partial charge in [0.1, 0.15) is 12.4 Å². The van der Waals surface area contributed by atoms with Crippen molar-refractivity contribution < 1.29 is 4.74 Å². The zero-order valence-corrected chi connectivity index (χ0v) is 12.4. The minimum atomic E-state index is 0.579. The van der Waals surface area contributed by atoms with Gasteiger partial charge in [0.25, 0.3) is 0 Å². The van der Waals surface area contributed by atoms with Crippen molar-refractivity contribution in [3.05, 3.63) is 64.2 Å². The smallest absolute Gasteiger partial charge is 0.120 e. The van der Waals surface area contributed by atoms with Crippen molar-refractivity contribution in [3.63, 3.8) is 0 Å². The third-order valence-electron chi connectivity index (χ3n) is 3.70. The van der Waals surface area contributed by atoms with E-state index in [1.165, 1.54) is 11.1 Å². The maximum atomic E-state index is 5.88. The van der Waals surface area contributed by atoms with Gasteiger partial charge < -0.3 is 9.64 Å². The molecule has 0 aromatic heterocycles. The Kier molecular flexibility index (Phi) is 3.95. The summed E-state index contributed by atoms with van der Waals surface area (Å²) < 4.78 is 5.87. The van der Waals surface area contributed by atoms with E-state index < -0.39 is 0 Å². The molecule has 0 bridgehead atoms. The standard InChI is InChI=1S/C17H18ClNO/c1-19-9-8-14-10-17(7-4-15(14)11-19)20-12-13-2-5-16(18)6-3-13/h2-7,10H,8-9,11-12H2,1H3. The number of likely N-dealkylation sites (N-methyl/N-ethyl adjacent to an activating group) is 1. The van der Waals surface area contributed by atoms with Gasteiger partial charge in [0.15, 0.2) is 0 Å². The zero-order chi connectivity index (χ0) is 13.9. The van der Waals surface area contributed by atoms with E-state index in [0.29, 0.717) is 6.61 Å². The molecule has 1 aliphatic rings. The van der Waals surface area contributed by atoms with E-state index in [1.807, 2.05) is 24.3 Å². The molecule has 0 spiro atoms. The molecule has 3 heteroatoms. The summed E-state index contributed by atoms with van der Waals surface area (Å²) in [6, 6.07) is 14.2. The van der Waals surface area contributed by atoms with Gasteiger partial charge in [-0.15, -0.1) is 0 Å². The van der Waals surface area contributed by atoms with E-state index in [0.717, 1.165) is 35.8 Å². The van der Waals surface area contributed by atoms with Crippen molar-refractivity contribution in [2.75, 3.05) is 13.6 Å². The highest BCUT2D eigenvalue weighted by molar-refractivity contribution is 6.30. The summed E-state index contributed by atoms with van der Waals surface area (Å²) in [5, 5.41) is 0.756. The Morgan fingerprint density at radius 3 is 2.70 bits per heavy atom. The molecule has 2 aromatic rings. The summed E-state index contributed by atoms with van der Waals surface area (Å²) in [6.45, 7) is 2.73. The summed E-state index contributed by atoms with van der Waals surface area (Å²) in [7, 11) is 2.16. The molecule has 20 heavy (non-hydrogen) atoms.